The van der Waals surface area contributed by atoms with E-state index < -0.39 is 0 Å². The van der Waals surface area contributed by atoms with Crippen LogP contribution in [0.25, 0.3) is 5.57 Å². The van der Waals surface area contributed by atoms with E-state index in [1.165, 1.54) is 11.3 Å². The number of thiazole rings is 1. The van der Waals surface area contributed by atoms with Gasteiger partial charge in [0.15, 0.2) is 0 Å². The Kier molecular flexibility index (Phi) is 9.40. The van der Waals surface area contributed by atoms with Crippen molar-refractivity contribution < 1.29 is 14.3 Å². The lowest BCUT2D eigenvalue weighted by atomic mass is 9.98. The maximum absolute atomic E-state index is 13.0. The summed E-state index contributed by atoms with van der Waals surface area (Å²) < 4.78 is 5.25. The van der Waals surface area contributed by atoms with Gasteiger partial charge < -0.3 is 15.0 Å². The summed E-state index contributed by atoms with van der Waals surface area (Å²) >= 11 is 1.49. The molecule has 1 aromatic carbocycles. The van der Waals surface area contributed by atoms with Crippen molar-refractivity contribution in [2.75, 3.05) is 25.0 Å². The molecule has 0 spiro atoms. The molecule has 1 aliphatic heterocycles. The SMILES string of the molecule is C=C/C=C(\C=C/C)c1ccccc1NC(=O)c1csc(C2CCN(C(=O)OCCC=C)CC2)n1. The highest BCUT2D eigenvalue weighted by atomic mass is 32.1. The number of nitrogens with one attached hydrogen (secondary N) is 1. The Morgan fingerprint density at radius 3 is 2.74 bits per heavy atom. The molecule has 7 heteroatoms. The number of nitrogens with zero attached hydrogens (tertiary/aromatic N) is 2. The van der Waals surface area contributed by atoms with Crippen LogP contribution in [-0.2, 0) is 4.74 Å². The van der Waals surface area contributed by atoms with E-state index in [0.717, 1.165) is 34.7 Å². The molecule has 0 atom stereocenters. The summed E-state index contributed by atoms with van der Waals surface area (Å²) in [6.45, 7) is 11.0. The number of allylic oxidation sites excluding steroid dienone is 5. The molecule has 3 rings (SSSR count). The Hall–Kier alpha value is -3.45. The number of hydrogen-bond acceptors (Lipinski definition) is 5. The van der Waals surface area contributed by atoms with Crippen LogP contribution in [0.15, 0.2) is 73.2 Å². The number of anilines is 1. The summed E-state index contributed by atoms with van der Waals surface area (Å²) in [5.74, 6) is -0.00973. The third-order valence-electron chi connectivity index (χ3n) is 5.53. The minimum Gasteiger partial charge on any atom is -0.449 e. The number of carbonyl (C=O) groups excluding carboxylic acids is 2. The highest BCUT2D eigenvalue weighted by molar-refractivity contribution is 7.10. The molecule has 2 aromatic rings. The molecular formula is C27H31N3O3S. The quantitative estimate of drug-likeness (QED) is 0.256. The zero-order valence-corrected chi connectivity index (χ0v) is 20.4. The molecule has 0 unspecified atom stereocenters. The van der Waals surface area contributed by atoms with Gasteiger partial charge >= 0.3 is 6.09 Å². The molecule has 2 amide bonds. The van der Waals surface area contributed by atoms with Crippen LogP contribution in [0.2, 0.25) is 0 Å². The molecule has 1 aromatic heterocycles. The van der Waals surface area contributed by atoms with Crippen molar-refractivity contribution in [3.05, 3.63) is 89.4 Å². The fourth-order valence-corrected chi connectivity index (χ4v) is 4.75. The fraction of sp³-hybridized carbons (Fsp3) is 0.296. The van der Waals surface area contributed by atoms with E-state index in [1.807, 2.05) is 49.4 Å². The summed E-state index contributed by atoms with van der Waals surface area (Å²) in [5.41, 5.74) is 3.00. The second kappa shape index (κ2) is 12.7. The van der Waals surface area contributed by atoms with E-state index in [1.54, 1.807) is 22.4 Å². The molecule has 1 N–H and O–H groups in total. The predicted molar refractivity (Wildman–Crippen MR) is 139 cm³/mol. The average molecular weight is 478 g/mol. The minimum absolute atomic E-state index is 0.230. The van der Waals surface area contributed by atoms with Gasteiger partial charge in [0, 0.05) is 35.6 Å². The molecule has 34 heavy (non-hydrogen) atoms. The monoisotopic (exact) mass is 477 g/mol. The maximum atomic E-state index is 13.0. The summed E-state index contributed by atoms with van der Waals surface area (Å²) in [6.07, 6.45) is 11.3. The highest BCUT2D eigenvalue weighted by Crippen LogP contribution is 2.31. The zero-order chi connectivity index (χ0) is 24.3. The lowest BCUT2D eigenvalue weighted by molar-refractivity contribution is 0.0941. The van der Waals surface area contributed by atoms with Gasteiger partial charge in [-0.3, -0.25) is 4.79 Å². The predicted octanol–water partition coefficient (Wildman–Crippen LogP) is 6.43. The Labute approximate surface area is 205 Å². The van der Waals surface area contributed by atoms with Crippen molar-refractivity contribution in [1.29, 1.82) is 0 Å². The Morgan fingerprint density at radius 2 is 2.03 bits per heavy atom. The minimum atomic E-state index is -0.277. The third-order valence-corrected chi connectivity index (χ3v) is 6.54. The van der Waals surface area contributed by atoms with Gasteiger partial charge in [0.2, 0.25) is 0 Å². The van der Waals surface area contributed by atoms with Crippen LogP contribution < -0.4 is 5.32 Å². The molecule has 6 nitrogen and oxygen atoms in total. The number of carbonyl (C=O) groups is 2. The lowest BCUT2D eigenvalue weighted by Gasteiger charge is -2.30. The summed E-state index contributed by atoms with van der Waals surface area (Å²) in [7, 11) is 0. The molecule has 1 saturated heterocycles. The fourth-order valence-electron chi connectivity index (χ4n) is 3.78. The first-order chi connectivity index (χ1) is 16.6. The second-order valence-electron chi connectivity index (χ2n) is 7.88. The van der Waals surface area contributed by atoms with Crippen LogP contribution in [0.3, 0.4) is 0 Å². The first-order valence-corrected chi connectivity index (χ1v) is 12.3. The maximum Gasteiger partial charge on any atom is 0.409 e. The topological polar surface area (TPSA) is 71.5 Å². The second-order valence-corrected chi connectivity index (χ2v) is 8.77. The molecule has 0 aliphatic carbocycles. The zero-order valence-electron chi connectivity index (χ0n) is 19.5. The Balaban J connectivity index is 1.63. The van der Waals surface area contributed by atoms with Crippen molar-refractivity contribution in [3.8, 4) is 0 Å². The van der Waals surface area contributed by atoms with E-state index in [-0.39, 0.29) is 17.9 Å². The van der Waals surface area contributed by atoms with Crippen LogP contribution in [0.4, 0.5) is 10.5 Å². The van der Waals surface area contributed by atoms with Gasteiger partial charge in [-0.2, -0.15) is 0 Å². The molecule has 178 valence electrons. The van der Waals surface area contributed by atoms with Crippen molar-refractivity contribution in [2.24, 2.45) is 0 Å². The molecule has 0 bridgehead atoms. The molecule has 0 saturated carbocycles. The van der Waals surface area contributed by atoms with Crippen LogP contribution in [0.1, 0.15) is 53.2 Å². The molecule has 1 aliphatic rings. The molecule has 0 radical (unpaired) electrons. The first-order valence-electron chi connectivity index (χ1n) is 11.4. The number of rotatable bonds is 9. The number of ether oxygens (including phenoxy) is 1. The van der Waals surface area contributed by atoms with Gasteiger partial charge in [-0.25, -0.2) is 9.78 Å². The first kappa shape index (κ1) is 25.2. The van der Waals surface area contributed by atoms with Crippen LogP contribution >= 0.6 is 11.3 Å². The lowest BCUT2D eigenvalue weighted by Crippen LogP contribution is -2.38. The van der Waals surface area contributed by atoms with Crippen LogP contribution in [-0.4, -0.2) is 41.6 Å². The molecule has 2 heterocycles. The van der Waals surface area contributed by atoms with Gasteiger partial charge in [-0.15, -0.1) is 17.9 Å². The Morgan fingerprint density at radius 1 is 1.26 bits per heavy atom. The largest absolute Gasteiger partial charge is 0.449 e. The number of hydrogen-bond donors (Lipinski definition) is 1. The van der Waals surface area contributed by atoms with E-state index in [9.17, 15) is 9.59 Å². The van der Waals surface area contributed by atoms with Crippen LogP contribution in [0, 0.1) is 0 Å². The van der Waals surface area contributed by atoms with Gasteiger partial charge in [-0.1, -0.05) is 55.2 Å². The summed E-state index contributed by atoms with van der Waals surface area (Å²) in [6, 6.07) is 7.68. The van der Waals surface area contributed by atoms with E-state index in [4.69, 9.17) is 4.74 Å². The third kappa shape index (κ3) is 6.54. The van der Waals surface area contributed by atoms with E-state index >= 15 is 0 Å². The number of benzene rings is 1. The van der Waals surface area contributed by atoms with Gasteiger partial charge in [0.25, 0.3) is 5.91 Å². The summed E-state index contributed by atoms with van der Waals surface area (Å²) in [4.78, 5) is 31.5. The number of likely N-dealkylation sites (tertiary alicyclic amines) is 1. The number of aromatic nitrogens is 1. The molecular weight excluding hydrogens is 446 g/mol. The van der Waals surface area contributed by atoms with Crippen molar-refractivity contribution in [2.45, 2.75) is 32.1 Å². The standard InChI is InChI=1S/C27H31N3O3S/c1-4-7-18-33-27(32)30-16-14-21(15-17-30)26-29-24(19-34-26)25(31)28-23-13-9-8-12-22(23)20(10-5-2)11-6-3/h4-6,8-13,19,21H,1-2,7,14-18H2,3H3,(H,28,31)/b11-6-,20-10+. The molecule has 1 fully saturated rings. The Bertz CT molecular complexity index is 1080. The number of para-hydroxylation sites is 1. The van der Waals surface area contributed by atoms with Gasteiger partial charge in [0.05, 0.1) is 11.6 Å². The smallest absolute Gasteiger partial charge is 0.409 e. The number of piperidine rings is 1. The van der Waals surface area contributed by atoms with Gasteiger partial charge in [-0.05, 0) is 37.8 Å². The normalized spacial score (nSPS) is 14.7. The van der Waals surface area contributed by atoms with E-state index in [2.05, 4.69) is 23.5 Å². The summed E-state index contributed by atoms with van der Waals surface area (Å²) in [5, 5.41) is 5.74. The van der Waals surface area contributed by atoms with Crippen LogP contribution in [0.5, 0.6) is 0 Å². The average Bonchev–Trinajstić information content (AvgIpc) is 3.35. The van der Waals surface area contributed by atoms with Gasteiger partial charge in [0.1, 0.15) is 5.69 Å². The number of amides is 2. The van der Waals surface area contributed by atoms with Crippen molar-refractivity contribution in [3.63, 3.8) is 0 Å². The van der Waals surface area contributed by atoms with Crippen molar-refractivity contribution >= 4 is 34.6 Å². The van der Waals surface area contributed by atoms with Crippen molar-refractivity contribution in [1.82, 2.24) is 9.88 Å². The van der Waals surface area contributed by atoms with E-state index in [0.29, 0.717) is 31.8 Å². The highest BCUT2D eigenvalue weighted by Gasteiger charge is 2.27.